The number of phenolic OH excluding ortho intramolecular Hbond substituents is 1. The topological polar surface area (TPSA) is 92.9 Å². The van der Waals surface area contributed by atoms with Crippen LogP contribution < -0.4 is 14.8 Å². The largest absolute Gasteiger partial charge is 0.505 e. The molecule has 3 aromatic rings. The van der Waals surface area contributed by atoms with Gasteiger partial charge >= 0.3 is 0 Å². The summed E-state index contributed by atoms with van der Waals surface area (Å²) in [5.41, 5.74) is 7.99. The maximum absolute atomic E-state index is 13.0. The van der Waals surface area contributed by atoms with Crippen LogP contribution in [-0.2, 0) is 16.4 Å². The van der Waals surface area contributed by atoms with E-state index in [0.29, 0.717) is 24.3 Å². The van der Waals surface area contributed by atoms with Crippen LogP contribution in [0.3, 0.4) is 0 Å². The first kappa shape index (κ1) is 21.7. The van der Waals surface area contributed by atoms with E-state index in [1.807, 2.05) is 42.5 Å². The molecule has 0 aromatic heterocycles. The smallest absolute Gasteiger partial charge is 0.233 e. The molecule has 0 bridgehead atoms. The fourth-order valence-electron chi connectivity index (χ4n) is 3.51. The average Bonchev–Trinajstić information content (AvgIpc) is 2.74. The van der Waals surface area contributed by atoms with E-state index in [1.165, 1.54) is 4.31 Å². The molecule has 1 unspecified atom stereocenters. The zero-order chi connectivity index (χ0) is 21.7. The summed E-state index contributed by atoms with van der Waals surface area (Å²) in [6.45, 7) is 0.344. The van der Waals surface area contributed by atoms with Crippen molar-refractivity contribution < 1.29 is 18.3 Å². The van der Waals surface area contributed by atoms with Gasteiger partial charge in [0.05, 0.1) is 25.1 Å². The van der Waals surface area contributed by atoms with Gasteiger partial charge in [0.2, 0.25) is 10.0 Å². The number of hydrogen-bond donors (Lipinski definition) is 2. The first-order valence-electron chi connectivity index (χ1n) is 9.56. The highest BCUT2D eigenvalue weighted by Crippen LogP contribution is 2.41. The van der Waals surface area contributed by atoms with E-state index in [0.717, 1.165) is 17.4 Å². The maximum Gasteiger partial charge on any atom is 0.233 e. The van der Waals surface area contributed by atoms with Crippen LogP contribution in [0.2, 0.25) is 0 Å². The summed E-state index contributed by atoms with van der Waals surface area (Å²) in [6.07, 6.45) is 1.58. The van der Waals surface area contributed by atoms with Crippen LogP contribution >= 0.6 is 0 Å². The molecule has 0 radical (unpaired) electrons. The van der Waals surface area contributed by atoms with Crippen molar-refractivity contribution in [2.24, 2.45) is 5.73 Å². The van der Waals surface area contributed by atoms with Gasteiger partial charge in [0.15, 0.2) is 0 Å². The molecule has 158 valence electrons. The van der Waals surface area contributed by atoms with Crippen LogP contribution in [-0.4, -0.2) is 33.4 Å². The van der Waals surface area contributed by atoms with E-state index >= 15 is 0 Å². The molecular formula is C23H26N2O4S. The van der Waals surface area contributed by atoms with Gasteiger partial charge in [0, 0.05) is 0 Å². The van der Waals surface area contributed by atoms with E-state index in [-0.39, 0.29) is 11.4 Å². The quantitative estimate of drug-likeness (QED) is 0.575. The number of methoxy groups -OCH3 is 1. The lowest BCUT2D eigenvalue weighted by Crippen LogP contribution is -2.35. The van der Waals surface area contributed by atoms with Gasteiger partial charge in [-0.05, 0) is 47.9 Å². The second kappa shape index (κ2) is 9.19. The van der Waals surface area contributed by atoms with Crippen molar-refractivity contribution in [3.63, 3.8) is 0 Å². The van der Waals surface area contributed by atoms with Gasteiger partial charge < -0.3 is 15.6 Å². The molecule has 3 aromatic carbocycles. The minimum Gasteiger partial charge on any atom is -0.505 e. The molecule has 0 fully saturated rings. The summed E-state index contributed by atoms with van der Waals surface area (Å²) in [4.78, 5) is 0. The number of rotatable bonds is 8. The summed E-state index contributed by atoms with van der Waals surface area (Å²) in [6, 6.07) is 21.0. The molecular weight excluding hydrogens is 400 g/mol. The molecule has 30 heavy (non-hydrogen) atoms. The van der Waals surface area contributed by atoms with Crippen molar-refractivity contribution in [1.29, 1.82) is 0 Å². The Balaban J connectivity index is 2.25. The third-order valence-corrected chi connectivity index (χ3v) is 6.01. The summed E-state index contributed by atoms with van der Waals surface area (Å²) in [5, 5.41) is 10.9. The fraction of sp³-hybridized carbons (Fsp3) is 0.217. The van der Waals surface area contributed by atoms with Crippen molar-refractivity contribution in [3.8, 4) is 11.5 Å². The van der Waals surface area contributed by atoms with Gasteiger partial charge in [0.1, 0.15) is 11.5 Å². The number of phenols is 1. The predicted octanol–water partition coefficient (Wildman–Crippen LogP) is 3.46. The number of anilines is 1. The van der Waals surface area contributed by atoms with Gasteiger partial charge in [-0.3, -0.25) is 4.31 Å². The zero-order valence-electron chi connectivity index (χ0n) is 17.0. The van der Waals surface area contributed by atoms with Crippen LogP contribution in [0.1, 0.15) is 22.7 Å². The Bertz CT molecular complexity index is 1080. The molecule has 0 saturated carbocycles. The van der Waals surface area contributed by atoms with E-state index in [1.54, 1.807) is 37.4 Å². The SMILES string of the molecule is COc1ccc(C(c2ccccc2)N(c2cccc(CCN)c2O)S(C)(=O)=O)cc1. The minimum atomic E-state index is -3.77. The van der Waals surface area contributed by atoms with Gasteiger partial charge in [-0.2, -0.15) is 0 Å². The van der Waals surface area contributed by atoms with Crippen LogP contribution in [0, 0.1) is 0 Å². The molecule has 7 heteroatoms. The van der Waals surface area contributed by atoms with E-state index < -0.39 is 16.1 Å². The lowest BCUT2D eigenvalue weighted by molar-refractivity contribution is 0.414. The van der Waals surface area contributed by atoms with Gasteiger partial charge in [0.25, 0.3) is 0 Å². The Kier molecular flexibility index (Phi) is 6.64. The normalized spacial score (nSPS) is 12.4. The van der Waals surface area contributed by atoms with Crippen LogP contribution in [0.4, 0.5) is 5.69 Å². The Hall–Kier alpha value is -3.03. The molecule has 3 N–H and O–H groups in total. The molecule has 0 saturated heterocycles. The fourth-order valence-corrected chi connectivity index (χ4v) is 4.64. The Labute approximate surface area is 177 Å². The molecule has 0 amide bonds. The highest BCUT2D eigenvalue weighted by Gasteiger charge is 2.32. The number of ether oxygens (including phenoxy) is 1. The van der Waals surface area contributed by atoms with Gasteiger partial charge in [-0.15, -0.1) is 0 Å². The van der Waals surface area contributed by atoms with Crippen molar-refractivity contribution in [2.45, 2.75) is 12.5 Å². The molecule has 0 heterocycles. The van der Waals surface area contributed by atoms with Crippen LogP contribution in [0.5, 0.6) is 11.5 Å². The first-order valence-corrected chi connectivity index (χ1v) is 11.4. The average molecular weight is 427 g/mol. The highest BCUT2D eigenvalue weighted by atomic mass is 32.2. The third kappa shape index (κ3) is 4.58. The van der Waals surface area contributed by atoms with Gasteiger partial charge in [-0.25, -0.2) is 8.42 Å². The molecule has 6 nitrogen and oxygen atoms in total. The maximum atomic E-state index is 13.0. The Morgan fingerprint density at radius 1 is 0.967 bits per heavy atom. The second-order valence-electron chi connectivity index (χ2n) is 6.97. The van der Waals surface area contributed by atoms with Crippen LogP contribution in [0.25, 0.3) is 0 Å². The number of nitrogens with zero attached hydrogens (tertiary/aromatic N) is 1. The first-order chi connectivity index (χ1) is 14.4. The molecule has 0 aliphatic rings. The van der Waals surface area contributed by atoms with Crippen molar-refractivity contribution in [3.05, 3.63) is 89.5 Å². The molecule has 0 aliphatic carbocycles. The number of sulfonamides is 1. The monoisotopic (exact) mass is 426 g/mol. The van der Waals surface area contributed by atoms with Crippen LogP contribution in [0.15, 0.2) is 72.8 Å². The summed E-state index contributed by atoms with van der Waals surface area (Å²) < 4.78 is 32.6. The summed E-state index contributed by atoms with van der Waals surface area (Å²) in [7, 11) is -2.20. The third-order valence-electron chi connectivity index (χ3n) is 4.89. The number of hydrogen-bond acceptors (Lipinski definition) is 5. The lowest BCUT2D eigenvalue weighted by Gasteiger charge is -2.33. The lowest BCUT2D eigenvalue weighted by atomic mass is 9.97. The van der Waals surface area contributed by atoms with E-state index in [2.05, 4.69) is 0 Å². The Morgan fingerprint density at radius 2 is 1.60 bits per heavy atom. The van der Waals surface area contributed by atoms with Crippen molar-refractivity contribution in [2.75, 3.05) is 24.2 Å². The number of benzene rings is 3. The van der Waals surface area contributed by atoms with E-state index in [4.69, 9.17) is 10.5 Å². The minimum absolute atomic E-state index is 0.0807. The predicted molar refractivity (Wildman–Crippen MR) is 119 cm³/mol. The molecule has 0 spiro atoms. The highest BCUT2D eigenvalue weighted by molar-refractivity contribution is 7.92. The molecule has 3 rings (SSSR count). The Morgan fingerprint density at radius 3 is 2.17 bits per heavy atom. The molecule has 1 atom stereocenters. The number of nitrogens with two attached hydrogens (primary N) is 1. The number of aromatic hydroxyl groups is 1. The van der Waals surface area contributed by atoms with Crippen molar-refractivity contribution in [1.82, 2.24) is 0 Å². The van der Waals surface area contributed by atoms with Gasteiger partial charge in [-0.1, -0.05) is 54.6 Å². The number of para-hydroxylation sites is 1. The van der Waals surface area contributed by atoms with Crippen molar-refractivity contribution >= 4 is 15.7 Å². The zero-order valence-corrected chi connectivity index (χ0v) is 17.8. The van der Waals surface area contributed by atoms with E-state index in [9.17, 15) is 13.5 Å². The second-order valence-corrected chi connectivity index (χ2v) is 8.83. The standard InChI is InChI=1S/C23H26N2O4S/c1-29-20-13-11-18(12-14-20)22(17-7-4-3-5-8-17)25(30(2,27)28)21-10-6-9-19(15-16-24)23(21)26/h3-14,22,26H,15-16,24H2,1-2H3. The summed E-state index contributed by atoms with van der Waals surface area (Å²) in [5.74, 6) is 0.590. The molecule has 0 aliphatic heterocycles. The summed E-state index contributed by atoms with van der Waals surface area (Å²) >= 11 is 0.